The van der Waals surface area contributed by atoms with Crippen LogP contribution in [0.3, 0.4) is 0 Å². The van der Waals surface area contributed by atoms with Gasteiger partial charge in [-0.1, -0.05) is 32.9 Å². The summed E-state index contributed by atoms with van der Waals surface area (Å²) in [5, 5.41) is 9.41. The minimum atomic E-state index is 0.148. The summed E-state index contributed by atoms with van der Waals surface area (Å²) in [6.45, 7) is 7.51. The standard InChI is InChI=1S/C18H21N3O/c1-18(2,3)12-21-16(11-13-6-8-14(22)9-7-13)20-15-5-4-10-19-17(15)21/h4-10,22H,11-12H2,1-3H3. The van der Waals surface area contributed by atoms with Crippen molar-refractivity contribution in [2.24, 2.45) is 5.41 Å². The minimum Gasteiger partial charge on any atom is -0.508 e. The molecule has 0 bridgehead atoms. The number of aromatic hydroxyl groups is 1. The molecule has 114 valence electrons. The van der Waals surface area contributed by atoms with Gasteiger partial charge >= 0.3 is 0 Å². The highest BCUT2D eigenvalue weighted by Crippen LogP contribution is 2.23. The highest BCUT2D eigenvalue weighted by molar-refractivity contribution is 5.71. The van der Waals surface area contributed by atoms with Crippen LogP contribution in [0.2, 0.25) is 0 Å². The van der Waals surface area contributed by atoms with Crippen molar-refractivity contribution >= 4 is 11.2 Å². The molecule has 0 saturated carbocycles. The van der Waals surface area contributed by atoms with Crippen LogP contribution in [0.15, 0.2) is 42.6 Å². The zero-order chi connectivity index (χ0) is 15.7. The van der Waals surface area contributed by atoms with Crippen molar-refractivity contribution in [1.29, 1.82) is 0 Å². The number of phenols is 1. The Bertz CT molecular complexity index is 782. The van der Waals surface area contributed by atoms with Gasteiger partial charge in [0.1, 0.15) is 17.1 Å². The lowest BCUT2D eigenvalue weighted by Gasteiger charge is -2.21. The first kappa shape index (κ1) is 14.6. The van der Waals surface area contributed by atoms with E-state index >= 15 is 0 Å². The predicted molar refractivity (Wildman–Crippen MR) is 87.9 cm³/mol. The minimum absolute atomic E-state index is 0.148. The van der Waals surface area contributed by atoms with Gasteiger partial charge in [-0.25, -0.2) is 9.97 Å². The number of imidazole rings is 1. The summed E-state index contributed by atoms with van der Waals surface area (Å²) in [6.07, 6.45) is 2.54. The van der Waals surface area contributed by atoms with Crippen LogP contribution in [0.5, 0.6) is 5.75 Å². The lowest BCUT2D eigenvalue weighted by Crippen LogP contribution is -2.18. The molecule has 0 amide bonds. The summed E-state index contributed by atoms with van der Waals surface area (Å²) in [4.78, 5) is 9.25. The van der Waals surface area contributed by atoms with Crippen LogP contribution in [-0.4, -0.2) is 19.6 Å². The highest BCUT2D eigenvalue weighted by atomic mass is 16.3. The quantitative estimate of drug-likeness (QED) is 0.800. The van der Waals surface area contributed by atoms with Gasteiger partial charge in [-0.2, -0.15) is 0 Å². The SMILES string of the molecule is CC(C)(C)Cn1c(Cc2ccc(O)cc2)nc2cccnc21. The highest BCUT2D eigenvalue weighted by Gasteiger charge is 2.18. The maximum Gasteiger partial charge on any atom is 0.160 e. The molecule has 4 nitrogen and oxygen atoms in total. The van der Waals surface area contributed by atoms with Crippen LogP contribution in [0.25, 0.3) is 11.2 Å². The van der Waals surface area contributed by atoms with Gasteiger partial charge in [-0.05, 0) is 35.2 Å². The van der Waals surface area contributed by atoms with Crippen LogP contribution >= 0.6 is 0 Å². The number of rotatable bonds is 3. The smallest absolute Gasteiger partial charge is 0.160 e. The predicted octanol–water partition coefficient (Wildman–Crippen LogP) is 3.77. The first-order valence-electron chi connectivity index (χ1n) is 7.50. The molecule has 4 heteroatoms. The Morgan fingerprint density at radius 2 is 1.82 bits per heavy atom. The van der Waals surface area contributed by atoms with E-state index in [1.165, 1.54) is 0 Å². The summed E-state index contributed by atoms with van der Waals surface area (Å²) in [5.41, 5.74) is 3.14. The molecule has 1 aromatic carbocycles. The number of pyridine rings is 1. The number of aromatic nitrogens is 3. The molecule has 0 saturated heterocycles. The zero-order valence-electron chi connectivity index (χ0n) is 13.2. The largest absolute Gasteiger partial charge is 0.508 e. The molecule has 0 atom stereocenters. The number of fused-ring (bicyclic) bond motifs is 1. The second-order valence-electron chi connectivity index (χ2n) is 6.86. The molecule has 0 radical (unpaired) electrons. The summed E-state index contributed by atoms with van der Waals surface area (Å²) in [6, 6.07) is 11.2. The van der Waals surface area contributed by atoms with E-state index in [9.17, 15) is 5.11 Å². The van der Waals surface area contributed by atoms with Gasteiger partial charge in [0.2, 0.25) is 0 Å². The van der Waals surface area contributed by atoms with E-state index < -0.39 is 0 Å². The van der Waals surface area contributed by atoms with Crippen molar-refractivity contribution in [1.82, 2.24) is 14.5 Å². The Labute approximate surface area is 130 Å². The van der Waals surface area contributed by atoms with Crippen molar-refractivity contribution in [2.75, 3.05) is 0 Å². The topological polar surface area (TPSA) is 50.9 Å². The van der Waals surface area contributed by atoms with E-state index in [0.717, 1.165) is 35.5 Å². The van der Waals surface area contributed by atoms with Crippen molar-refractivity contribution in [3.63, 3.8) is 0 Å². The first-order valence-corrected chi connectivity index (χ1v) is 7.50. The second kappa shape index (κ2) is 5.44. The Morgan fingerprint density at radius 3 is 2.50 bits per heavy atom. The van der Waals surface area contributed by atoms with Crippen molar-refractivity contribution in [3.8, 4) is 5.75 Å². The third kappa shape index (κ3) is 3.11. The fourth-order valence-corrected chi connectivity index (χ4v) is 2.58. The maximum absolute atomic E-state index is 9.41. The first-order chi connectivity index (χ1) is 10.4. The van der Waals surface area contributed by atoms with E-state index in [2.05, 4.69) is 30.3 Å². The van der Waals surface area contributed by atoms with Crippen LogP contribution in [0.4, 0.5) is 0 Å². The van der Waals surface area contributed by atoms with E-state index in [1.807, 2.05) is 30.5 Å². The van der Waals surface area contributed by atoms with Gasteiger partial charge in [-0.3, -0.25) is 0 Å². The number of benzene rings is 1. The van der Waals surface area contributed by atoms with E-state index in [4.69, 9.17) is 4.98 Å². The molecular weight excluding hydrogens is 274 g/mol. The monoisotopic (exact) mass is 295 g/mol. The van der Waals surface area contributed by atoms with Gasteiger partial charge in [0.25, 0.3) is 0 Å². The molecule has 3 aromatic rings. The average Bonchev–Trinajstić information content (AvgIpc) is 2.78. The molecule has 0 aliphatic rings. The molecule has 3 rings (SSSR count). The van der Waals surface area contributed by atoms with Crippen molar-refractivity contribution in [2.45, 2.75) is 33.7 Å². The number of hydrogen-bond acceptors (Lipinski definition) is 3. The van der Waals surface area contributed by atoms with E-state index in [1.54, 1.807) is 12.1 Å². The summed E-state index contributed by atoms with van der Waals surface area (Å²) in [7, 11) is 0. The van der Waals surface area contributed by atoms with Crippen LogP contribution < -0.4 is 0 Å². The average molecular weight is 295 g/mol. The number of nitrogens with zero attached hydrogens (tertiary/aromatic N) is 3. The van der Waals surface area contributed by atoms with E-state index in [-0.39, 0.29) is 11.2 Å². The van der Waals surface area contributed by atoms with Crippen molar-refractivity contribution < 1.29 is 5.11 Å². The molecule has 0 aliphatic heterocycles. The Morgan fingerprint density at radius 1 is 1.09 bits per heavy atom. The Kier molecular flexibility index (Phi) is 3.61. The van der Waals surface area contributed by atoms with E-state index in [0.29, 0.717) is 0 Å². The van der Waals surface area contributed by atoms with Gasteiger partial charge < -0.3 is 9.67 Å². The van der Waals surface area contributed by atoms with Gasteiger partial charge in [-0.15, -0.1) is 0 Å². The zero-order valence-corrected chi connectivity index (χ0v) is 13.2. The molecule has 0 unspecified atom stereocenters. The number of phenolic OH excluding ortho intramolecular Hbond substituents is 1. The van der Waals surface area contributed by atoms with Crippen LogP contribution in [0.1, 0.15) is 32.2 Å². The summed E-state index contributed by atoms with van der Waals surface area (Å²) < 4.78 is 2.21. The van der Waals surface area contributed by atoms with Gasteiger partial charge in [0, 0.05) is 19.2 Å². The third-order valence-electron chi connectivity index (χ3n) is 3.51. The molecular formula is C18H21N3O. The molecule has 0 aliphatic carbocycles. The molecule has 1 N–H and O–H groups in total. The summed E-state index contributed by atoms with van der Waals surface area (Å²) in [5.74, 6) is 1.29. The van der Waals surface area contributed by atoms with Gasteiger partial charge in [0.15, 0.2) is 5.65 Å². The summed E-state index contributed by atoms with van der Waals surface area (Å²) >= 11 is 0. The van der Waals surface area contributed by atoms with Crippen molar-refractivity contribution in [3.05, 3.63) is 54.0 Å². The Balaban J connectivity index is 2.03. The molecule has 22 heavy (non-hydrogen) atoms. The molecule has 0 fully saturated rings. The third-order valence-corrected chi connectivity index (χ3v) is 3.51. The van der Waals surface area contributed by atoms with Crippen LogP contribution in [0, 0.1) is 5.41 Å². The molecule has 0 spiro atoms. The second-order valence-corrected chi connectivity index (χ2v) is 6.86. The molecule has 2 aromatic heterocycles. The van der Waals surface area contributed by atoms with Gasteiger partial charge in [0.05, 0.1) is 0 Å². The Hall–Kier alpha value is -2.36. The number of hydrogen-bond donors (Lipinski definition) is 1. The fourth-order valence-electron chi connectivity index (χ4n) is 2.58. The lowest BCUT2D eigenvalue weighted by molar-refractivity contribution is 0.343. The fraction of sp³-hybridized carbons (Fsp3) is 0.333. The normalized spacial score (nSPS) is 12.0. The molecule has 2 heterocycles. The lowest BCUT2D eigenvalue weighted by atomic mass is 9.96. The maximum atomic E-state index is 9.41. The van der Waals surface area contributed by atoms with Crippen LogP contribution in [-0.2, 0) is 13.0 Å².